The van der Waals surface area contributed by atoms with E-state index in [1.54, 1.807) is 23.1 Å². The Morgan fingerprint density at radius 2 is 2.06 bits per heavy atom. The van der Waals surface area contributed by atoms with Gasteiger partial charge in [-0.3, -0.25) is 4.79 Å². The van der Waals surface area contributed by atoms with Crippen LogP contribution >= 0.6 is 0 Å². The zero-order chi connectivity index (χ0) is 12.6. The Balaban J connectivity index is 2.42. The molecule has 1 fully saturated rings. The molecule has 1 aliphatic rings. The fraction of sp³-hybridized carbons (Fsp3) is 0.462. The lowest BCUT2D eigenvalue weighted by molar-refractivity contribution is -0.130. The molecular formula is C13H17FN2O. The summed E-state index contributed by atoms with van der Waals surface area (Å²) in [4.78, 5) is 13.5. The van der Waals surface area contributed by atoms with Gasteiger partial charge in [0.05, 0.1) is 6.04 Å². The molecule has 3 nitrogen and oxygen atoms in total. The SMILES string of the molecule is CC(C)N1C(=O)CC(N)C1c1ccccc1F. The van der Waals surface area contributed by atoms with Gasteiger partial charge in [0, 0.05) is 24.1 Å². The van der Waals surface area contributed by atoms with Crippen LogP contribution in [0.5, 0.6) is 0 Å². The van der Waals surface area contributed by atoms with Crippen molar-refractivity contribution in [3.05, 3.63) is 35.6 Å². The van der Waals surface area contributed by atoms with Crippen LogP contribution in [-0.4, -0.2) is 22.9 Å². The second kappa shape index (κ2) is 4.45. The van der Waals surface area contributed by atoms with Crippen molar-refractivity contribution in [1.82, 2.24) is 4.90 Å². The Morgan fingerprint density at radius 3 is 2.65 bits per heavy atom. The Labute approximate surface area is 100 Å². The standard InChI is InChI=1S/C13H17FN2O/c1-8(2)16-12(17)7-11(15)13(16)9-5-3-4-6-10(9)14/h3-6,8,11,13H,7,15H2,1-2H3. The predicted octanol–water partition coefficient (Wildman–Crippen LogP) is 1.83. The summed E-state index contributed by atoms with van der Waals surface area (Å²) in [6, 6.07) is 5.87. The molecule has 2 unspecified atom stereocenters. The molecule has 1 amide bonds. The summed E-state index contributed by atoms with van der Waals surface area (Å²) < 4.78 is 13.8. The van der Waals surface area contributed by atoms with E-state index in [1.165, 1.54) is 6.07 Å². The Bertz CT molecular complexity index is 433. The van der Waals surface area contributed by atoms with E-state index in [0.29, 0.717) is 5.56 Å². The Kier molecular flexibility index (Phi) is 3.15. The maximum atomic E-state index is 13.8. The van der Waals surface area contributed by atoms with Gasteiger partial charge in [-0.05, 0) is 19.9 Å². The Hall–Kier alpha value is -1.42. The van der Waals surface area contributed by atoms with Crippen molar-refractivity contribution in [3.63, 3.8) is 0 Å². The minimum atomic E-state index is -0.344. The van der Waals surface area contributed by atoms with Gasteiger partial charge >= 0.3 is 0 Å². The minimum absolute atomic E-state index is 0.000697. The molecular weight excluding hydrogens is 219 g/mol. The first kappa shape index (κ1) is 12.0. The monoisotopic (exact) mass is 236 g/mol. The van der Waals surface area contributed by atoms with Crippen molar-refractivity contribution >= 4 is 5.91 Å². The average Bonchev–Trinajstić information content (AvgIpc) is 2.54. The van der Waals surface area contributed by atoms with E-state index in [0.717, 1.165) is 0 Å². The number of rotatable bonds is 2. The molecule has 2 atom stereocenters. The maximum Gasteiger partial charge on any atom is 0.225 e. The van der Waals surface area contributed by atoms with Gasteiger partial charge in [0.15, 0.2) is 0 Å². The van der Waals surface area contributed by atoms with E-state index in [1.807, 2.05) is 13.8 Å². The highest BCUT2D eigenvalue weighted by atomic mass is 19.1. The molecule has 4 heteroatoms. The quantitative estimate of drug-likeness (QED) is 0.851. The van der Waals surface area contributed by atoms with Crippen LogP contribution in [0.2, 0.25) is 0 Å². The zero-order valence-corrected chi connectivity index (χ0v) is 10.1. The van der Waals surface area contributed by atoms with Crippen LogP contribution in [0, 0.1) is 5.82 Å². The molecule has 0 saturated carbocycles. The topological polar surface area (TPSA) is 46.3 Å². The third-order valence-corrected chi connectivity index (χ3v) is 3.18. The normalized spacial score (nSPS) is 24.8. The lowest BCUT2D eigenvalue weighted by Crippen LogP contribution is -2.38. The van der Waals surface area contributed by atoms with Gasteiger partial charge in [0.25, 0.3) is 0 Å². The number of benzene rings is 1. The summed E-state index contributed by atoms with van der Waals surface area (Å²) in [6.07, 6.45) is 0.289. The molecule has 0 aliphatic carbocycles. The smallest absolute Gasteiger partial charge is 0.225 e. The van der Waals surface area contributed by atoms with Crippen molar-refractivity contribution in [2.75, 3.05) is 0 Å². The van der Waals surface area contributed by atoms with Crippen LogP contribution in [0.25, 0.3) is 0 Å². The molecule has 0 aromatic heterocycles. The summed E-state index contributed by atoms with van der Waals surface area (Å²) in [7, 11) is 0. The number of nitrogens with zero attached hydrogens (tertiary/aromatic N) is 1. The molecule has 2 rings (SSSR count). The fourth-order valence-corrected chi connectivity index (χ4v) is 2.48. The molecule has 17 heavy (non-hydrogen) atoms. The molecule has 1 saturated heterocycles. The van der Waals surface area contributed by atoms with Crippen molar-refractivity contribution in [1.29, 1.82) is 0 Å². The van der Waals surface area contributed by atoms with Gasteiger partial charge in [-0.15, -0.1) is 0 Å². The van der Waals surface area contributed by atoms with Crippen molar-refractivity contribution < 1.29 is 9.18 Å². The first-order chi connectivity index (χ1) is 8.02. The number of amides is 1. The van der Waals surface area contributed by atoms with E-state index >= 15 is 0 Å². The van der Waals surface area contributed by atoms with Crippen LogP contribution < -0.4 is 5.73 Å². The number of carbonyl (C=O) groups is 1. The number of nitrogens with two attached hydrogens (primary N) is 1. The predicted molar refractivity (Wildman–Crippen MR) is 63.7 cm³/mol. The molecule has 1 aromatic rings. The molecule has 1 aliphatic heterocycles. The zero-order valence-electron chi connectivity index (χ0n) is 10.1. The molecule has 0 bridgehead atoms. The average molecular weight is 236 g/mol. The largest absolute Gasteiger partial charge is 0.331 e. The van der Waals surface area contributed by atoms with Gasteiger partial charge in [-0.25, -0.2) is 4.39 Å². The van der Waals surface area contributed by atoms with Gasteiger partial charge < -0.3 is 10.6 Å². The summed E-state index contributed by atoms with van der Waals surface area (Å²) in [6.45, 7) is 3.84. The lowest BCUT2D eigenvalue weighted by atomic mass is 9.99. The lowest BCUT2D eigenvalue weighted by Gasteiger charge is -2.30. The van der Waals surface area contributed by atoms with Crippen LogP contribution in [0.15, 0.2) is 24.3 Å². The second-order valence-electron chi connectivity index (χ2n) is 4.73. The second-order valence-corrected chi connectivity index (χ2v) is 4.73. The molecule has 92 valence electrons. The van der Waals surface area contributed by atoms with Crippen LogP contribution in [0.1, 0.15) is 31.9 Å². The Morgan fingerprint density at radius 1 is 1.41 bits per heavy atom. The number of carbonyl (C=O) groups excluding carboxylic acids is 1. The van der Waals surface area contributed by atoms with Gasteiger partial charge in [-0.2, -0.15) is 0 Å². The number of halogens is 1. The molecule has 1 heterocycles. The van der Waals surface area contributed by atoms with Crippen LogP contribution in [0.4, 0.5) is 4.39 Å². The first-order valence-corrected chi connectivity index (χ1v) is 5.83. The number of likely N-dealkylation sites (tertiary alicyclic amines) is 1. The van der Waals surface area contributed by atoms with Crippen molar-refractivity contribution in [2.24, 2.45) is 5.73 Å². The number of hydrogen-bond donors (Lipinski definition) is 1. The van der Waals surface area contributed by atoms with E-state index in [4.69, 9.17) is 5.73 Å². The third-order valence-electron chi connectivity index (χ3n) is 3.18. The van der Waals surface area contributed by atoms with E-state index in [2.05, 4.69) is 0 Å². The summed E-state index contributed by atoms with van der Waals surface area (Å²) in [5.41, 5.74) is 6.48. The van der Waals surface area contributed by atoms with Crippen LogP contribution in [0.3, 0.4) is 0 Å². The van der Waals surface area contributed by atoms with Crippen molar-refractivity contribution in [3.8, 4) is 0 Å². The third kappa shape index (κ3) is 2.05. The minimum Gasteiger partial charge on any atom is -0.331 e. The number of hydrogen-bond acceptors (Lipinski definition) is 2. The highest BCUT2D eigenvalue weighted by molar-refractivity contribution is 5.80. The fourth-order valence-electron chi connectivity index (χ4n) is 2.48. The van der Waals surface area contributed by atoms with Crippen molar-refractivity contribution in [2.45, 2.75) is 38.4 Å². The summed E-state index contributed by atoms with van der Waals surface area (Å²) in [5.74, 6) is -0.297. The van der Waals surface area contributed by atoms with E-state index < -0.39 is 0 Å². The van der Waals surface area contributed by atoms with E-state index in [9.17, 15) is 9.18 Å². The highest BCUT2D eigenvalue weighted by Crippen LogP contribution is 2.34. The molecule has 0 spiro atoms. The van der Waals surface area contributed by atoms with Gasteiger partial charge in [-0.1, -0.05) is 18.2 Å². The van der Waals surface area contributed by atoms with Crippen LogP contribution in [-0.2, 0) is 4.79 Å². The van der Waals surface area contributed by atoms with E-state index in [-0.39, 0.29) is 36.3 Å². The highest BCUT2D eigenvalue weighted by Gasteiger charge is 2.40. The molecule has 2 N–H and O–H groups in total. The van der Waals surface area contributed by atoms with Gasteiger partial charge in [0.1, 0.15) is 5.82 Å². The summed E-state index contributed by atoms with van der Waals surface area (Å²) >= 11 is 0. The maximum absolute atomic E-state index is 13.8. The molecule has 1 aromatic carbocycles. The summed E-state index contributed by atoms with van der Waals surface area (Å²) in [5, 5.41) is 0. The van der Waals surface area contributed by atoms with Gasteiger partial charge in [0.2, 0.25) is 5.91 Å². The first-order valence-electron chi connectivity index (χ1n) is 5.83. The molecule has 0 radical (unpaired) electrons.